The molecule has 174 valence electrons. The summed E-state index contributed by atoms with van der Waals surface area (Å²) in [6, 6.07) is 5.16. The van der Waals surface area contributed by atoms with Gasteiger partial charge in [-0.25, -0.2) is 0 Å². The molecule has 0 fully saturated rings. The van der Waals surface area contributed by atoms with Crippen LogP contribution in [-0.2, 0) is 14.3 Å². The third kappa shape index (κ3) is 12.7. The van der Waals surface area contributed by atoms with E-state index < -0.39 is 10.1 Å². The summed E-state index contributed by atoms with van der Waals surface area (Å²) < 4.78 is 29.7. The molecule has 0 amide bonds. The maximum Gasteiger partial charge on any atom is 0.296 e. The summed E-state index contributed by atoms with van der Waals surface area (Å²) in [6.07, 6.45) is 20.9. The van der Waals surface area contributed by atoms with E-state index in [1.807, 2.05) is 19.9 Å². The van der Waals surface area contributed by atoms with Crippen LogP contribution in [0.1, 0.15) is 121 Å². The van der Waals surface area contributed by atoms with Crippen LogP contribution in [0, 0.1) is 13.8 Å². The van der Waals surface area contributed by atoms with E-state index in [1.54, 1.807) is 12.1 Å². The largest absolute Gasteiger partial charge is 0.296 e. The minimum absolute atomic E-state index is 0.266. The van der Waals surface area contributed by atoms with Crippen LogP contribution in [0.25, 0.3) is 0 Å². The predicted octanol–water partition coefficient (Wildman–Crippen LogP) is 8.27. The Labute approximate surface area is 187 Å². The molecule has 0 aliphatic carbocycles. The first kappa shape index (κ1) is 27.2. The summed E-state index contributed by atoms with van der Waals surface area (Å²) >= 11 is 0. The number of rotatable bonds is 19. The van der Waals surface area contributed by atoms with Gasteiger partial charge in [-0.2, -0.15) is 8.42 Å². The third-order valence-corrected chi connectivity index (χ3v) is 7.31. The van der Waals surface area contributed by atoms with Gasteiger partial charge in [-0.3, -0.25) is 4.18 Å². The van der Waals surface area contributed by atoms with Crippen molar-refractivity contribution in [3.8, 4) is 0 Å². The fourth-order valence-electron chi connectivity index (χ4n) is 3.76. The van der Waals surface area contributed by atoms with Gasteiger partial charge in [-0.15, -0.1) is 0 Å². The molecule has 0 unspecified atom stereocenters. The highest BCUT2D eigenvalue weighted by molar-refractivity contribution is 7.86. The molecular formula is C26H46O3S. The molecule has 0 radical (unpaired) electrons. The molecule has 1 aromatic carbocycles. The minimum atomic E-state index is -3.62. The molecular weight excluding hydrogens is 392 g/mol. The van der Waals surface area contributed by atoms with Crippen molar-refractivity contribution in [2.75, 3.05) is 6.61 Å². The molecule has 0 aliphatic heterocycles. The van der Waals surface area contributed by atoms with Crippen molar-refractivity contribution in [2.45, 2.75) is 128 Å². The minimum Gasteiger partial charge on any atom is -0.266 e. The Morgan fingerprint density at radius 2 is 1.07 bits per heavy atom. The van der Waals surface area contributed by atoms with Crippen molar-refractivity contribution in [2.24, 2.45) is 0 Å². The Morgan fingerprint density at radius 1 is 0.633 bits per heavy atom. The smallest absolute Gasteiger partial charge is 0.266 e. The molecule has 0 aliphatic rings. The monoisotopic (exact) mass is 438 g/mol. The molecule has 4 heteroatoms. The molecule has 0 N–H and O–H groups in total. The maximum atomic E-state index is 12.2. The van der Waals surface area contributed by atoms with Crippen LogP contribution >= 0.6 is 0 Å². The molecule has 1 rings (SSSR count). The molecule has 0 spiro atoms. The normalized spacial score (nSPS) is 11.8. The van der Waals surface area contributed by atoms with Crippen LogP contribution in [0.2, 0.25) is 0 Å². The van der Waals surface area contributed by atoms with Gasteiger partial charge in [-0.05, 0) is 43.5 Å². The van der Waals surface area contributed by atoms with Crippen molar-refractivity contribution >= 4 is 10.1 Å². The van der Waals surface area contributed by atoms with Crippen molar-refractivity contribution in [1.82, 2.24) is 0 Å². The van der Waals surface area contributed by atoms with E-state index in [2.05, 4.69) is 6.92 Å². The van der Waals surface area contributed by atoms with Crippen LogP contribution in [0.4, 0.5) is 0 Å². The quantitative estimate of drug-likeness (QED) is 0.161. The number of benzene rings is 1. The Kier molecular flexibility index (Phi) is 15.2. The zero-order valence-corrected chi connectivity index (χ0v) is 20.7. The molecule has 0 saturated carbocycles. The Balaban J connectivity index is 1.91. The van der Waals surface area contributed by atoms with Crippen molar-refractivity contribution < 1.29 is 12.6 Å². The summed E-state index contributed by atoms with van der Waals surface area (Å²) in [4.78, 5) is 0.266. The summed E-state index contributed by atoms with van der Waals surface area (Å²) in [6.45, 7) is 6.45. The molecule has 30 heavy (non-hydrogen) atoms. The maximum absolute atomic E-state index is 12.2. The van der Waals surface area contributed by atoms with E-state index >= 15 is 0 Å². The highest BCUT2D eigenvalue weighted by Gasteiger charge is 2.15. The first-order chi connectivity index (χ1) is 14.5. The van der Waals surface area contributed by atoms with Crippen LogP contribution in [0.3, 0.4) is 0 Å². The SMILES string of the molecule is CCCCCCCCCCCCCCCCCCOS(=O)(=O)c1ccc(C)c(C)c1. The fraction of sp³-hybridized carbons (Fsp3) is 0.769. The van der Waals surface area contributed by atoms with Gasteiger partial charge in [-0.1, -0.05) is 109 Å². The molecule has 1 aromatic rings. The molecule has 0 aromatic heterocycles. The van der Waals surface area contributed by atoms with E-state index in [4.69, 9.17) is 4.18 Å². The van der Waals surface area contributed by atoms with Crippen molar-refractivity contribution in [3.05, 3.63) is 29.3 Å². The number of hydrogen-bond donors (Lipinski definition) is 0. The van der Waals surface area contributed by atoms with E-state index in [0.29, 0.717) is 0 Å². The van der Waals surface area contributed by atoms with Gasteiger partial charge in [0.1, 0.15) is 0 Å². The topological polar surface area (TPSA) is 43.4 Å². The lowest BCUT2D eigenvalue weighted by atomic mass is 10.0. The lowest BCUT2D eigenvalue weighted by Gasteiger charge is -2.08. The van der Waals surface area contributed by atoms with Gasteiger partial charge in [0.25, 0.3) is 10.1 Å². The second-order valence-corrected chi connectivity index (χ2v) is 10.4. The van der Waals surface area contributed by atoms with E-state index in [9.17, 15) is 8.42 Å². The van der Waals surface area contributed by atoms with Gasteiger partial charge in [0.15, 0.2) is 0 Å². The lowest BCUT2D eigenvalue weighted by Crippen LogP contribution is -2.08. The standard InChI is InChI=1S/C26H46O3S/c1-4-5-6-7-8-9-10-11-12-13-14-15-16-17-18-19-22-29-30(27,28)26-21-20-24(2)25(3)23-26/h20-21,23H,4-19,22H2,1-3H3. The summed E-state index contributed by atoms with van der Waals surface area (Å²) in [5.41, 5.74) is 2.06. The van der Waals surface area contributed by atoms with Crippen LogP contribution < -0.4 is 0 Å². The third-order valence-electron chi connectivity index (χ3n) is 6.00. The summed E-state index contributed by atoms with van der Waals surface area (Å²) in [5.74, 6) is 0. The first-order valence-corrected chi connectivity index (χ1v) is 13.8. The van der Waals surface area contributed by atoms with Crippen molar-refractivity contribution in [3.63, 3.8) is 0 Å². The van der Waals surface area contributed by atoms with Crippen LogP contribution in [0.15, 0.2) is 23.1 Å². The van der Waals surface area contributed by atoms with Crippen LogP contribution in [0.5, 0.6) is 0 Å². The molecule has 0 atom stereocenters. The van der Waals surface area contributed by atoms with Gasteiger partial charge in [0.2, 0.25) is 0 Å². The van der Waals surface area contributed by atoms with E-state index in [0.717, 1.165) is 24.0 Å². The highest BCUT2D eigenvalue weighted by Crippen LogP contribution is 2.18. The number of hydrogen-bond acceptors (Lipinski definition) is 3. The first-order valence-electron chi connectivity index (χ1n) is 12.4. The summed E-state index contributed by atoms with van der Waals surface area (Å²) in [7, 11) is -3.62. The van der Waals surface area contributed by atoms with Crippen molar-refractivity contribution in [1.29, 1.82) is 0 Å². The fourth-order valence-corrected chi connectivity index (χ4v) is 4.79. The van der Waals surface area contributed by atoms with Gasteiger partial charge < -0.3 is 0 Å². The van der Waals surface area contributed by atoms with Gasteiger partial charge in [0.05, 0.1) is 11.5 Å². The van der Waals surface area contributed by atoms with E-state index in [1.165, 1.54) is 89.9 Å². The van der Waals surface area contributed by atoms with E-state index in [-0.39, 0.29) is 11.5 Å². The Hall–Kier alpha value is -0.870. The second kappa shape index (κ2) is 16.8. The average molecular weight is 439 g/mol. The van der Waals surface area contributed by atoms with Gasteiger partial charge in [0, 0.05) is 0 Å². The molecule has 0 bridgehead atoms. The number of aryl methyl sites for hydroxylation is 2. The molecule has 0 heterocycles. The Bertz CT molecular complexity index is 652. The van der Waals surface area contributed by atoms with Crippen LogP contribution in [-0.4, -0.2) is 15.0 Å². The zero-order valence-electron chi connectivity index (χ0n) is 19.9. The van der Waals surface area contributed by atoms with Gasteiger partial charge >= 0.3 is 0 Å². The summed E-state index contributed by atoms with van der Waals surface area (Å²) in [5, 5.41) is 0. The number of unbranched alkanes of at least 4 members (excludes halogenated alkanes) is 15. The Morgan fingerprint density at radius 3 is 1.50 bits per heavy atom. The second-order valence-electron chi connectivity index (χ2n) is 8.83. The zero-order chi connectivity index (χ0) is 22.1. The lowest BCUT2D eigenvalue weighted by molar-refractivity contribution is 0.306. The molecule has 0 saturated heterocycles. The highest BCUT2D eigenvalue weighted by atomic mass is 32.2. The molecule has 3 nitrogen and oxygen atoms in total. The predicted molar refractivity (Wildman–Crippen MR) is 129 cm³/mol. The average Bonchev–Trinajstić information content (AvgIpc) is 2.72.